The Kier molecular flexibility index (Phi) is 3.41. The molecule has 3 nitrogen and oxygen atoms in total. The van der Waals surface area contributed by atoms with E-state index in [1.54, 1.807) is 24.3 Å². The lowest BCUT2D eigenvalue weighted by atomic mass is 10.1. The first-order chi connectivity index (χ1) is 9.54. The average Bonchev–Trinajstić information content (AvgIpc) is 2.66. The van der Waals surface area contributed by atoms with E-state index in [1.807, 2.05) is 0 Å². The highest BCUT2D eigenvalue weighted by atomic mass is 35.5. The molecule has 2 aromatic rings. The van der Waals surface area contributed by atoms with Crippen LogP contribution in [0.5, 0.6) is 0 Å². The smallest absolute Gasteiger partial charge is 0.257 e. The van der Waals surface area contributed by atoms with Crippen LogP contribution in [0.15, 0.2) is 46.2 Å². The van der Waals surface area contributed by atoms with Gasteiger partial charge in [0.2, 0.25) is 0 Å². The van der Waals surface area contributed by atoms with Crippen LogP contribution in [-0.4, -0.2) is 11.0 Å². The number of anilines is 1. The zero-order valence-corrected chi connectivity index (χ0v) is 11.6. The molecule has 0 saturated heterocycles. The lowest BCUT2D eigenvalue weighted by molar-refractivity contribution is -0.123. The van der Waals surface area contributed by atoms with Gasteiger partial charge in [0.05, 0.1) is 5.02 Å². The van der Waals surface area contributed by atoms with Crippen LogP contribution in [0.2, 0.25) is 5.02 Å². The number of fused-ring (bicyclic) bond motifs is 1. The fourth-order valence-electron chi connectivity index (χ4n) is 1.98. The van der Waals surface area contributed by atoms with Crippen LogP contribution >= 0.6 is 23.4 Å². The number of halogens is 2. The molecule has 0 fully saturated rings. The summed E-state index contributed by atoms with van der Waals surface area (Å²) in [5.74, 6) is -0.792. The van der Waals surface area contributed by atoms with Crippen LogP contribution in [0.25, 0.3) is 0 Å². The highest BCUT2D eigenvalue weighted by Gasteiger charge is 2.29. The quantitative estimate of drug-likeness (QED) is 0.891. The Balaban J connectivity index is 1.96. The van der Waals surface area contributed by atoms with Gasteiger partial charge in [0.25, 0.3) is 5.91 Å². The Hall–Kier alpha value is -1.56. The van der Waals surface area contributed by atoms with Crippen LogP contribution < -0.4 is 5.32 Å². The second-order valence-electron chi connectivity index (χ2n) is 4.32. The van der Waals surface area contributed by atoms with Crippen molar-refractivity contribution in [2.24, 2.45) is 0 Å². The Morgan fingerprint density at radius 1 is 1.30 bits per heavy atom. The van der Waals surface area contributed by atoms with Gasteiger partial charge in [0.15, 0.2) is 6.10 Å². The van der Waals surface area contributed by atoms with Crippen molar-refractivity contribution in [3.8, 4) is 0 Å². The molecule has 20 heavy (non-hydrogen) atoms. The molecule has 3 rings (SSSR count). The van der Waals surface area contributed by atoms with Gasteiger partial charge >= 0.3 is 0 Å². The second kappa shape index (κ2) is 5.09. The number of carbonyl (C=O) groups excluding carboxylic acids is 1. The summed E-state index contributed by atoms with van der Waals surface area (Å²) in [5.41, 5.74) is 0.995. The SMILES string of the molecule is O=C1Nc2cc(Sc3cccc(F)c3)c(Cl)cc2C1O. The van der Waals surface area contributed by atoms with Crippen molar-refractivity contribution in [3.63, 3.8) is 0 Å². The van der Waals surface area contributed by atoms with E-state index in [9.17, 15) is 14.3 Å². The topological polar surface area (TPSA) is 49.3 Å². The van der Waals surface area contributed by atoms with Gasteiger partial charge in [-0.25, -0.2) is 4.39 Å². The standard InChI is InChI=1S/C14H9ClFNO2S/c15-10-5-9-11(17-14(19)13(9)18)6-12(10)20-8-3-1-2-7(16)4-8/h1-6,13,18H,(H,17,19). The second-order valence-corrected chi connectivity index (χ2v) is 5.84. The fraction of sp³-hybridized carbons (Fsp3) is 0.0714. The van der Waals surface area contributed by atoms with Gasteiger partial charge in [-0.3, -0.25) is 4.79 Å². The number of hydrogen-bond donors (Lipinski definition) is 2. The summed E-state index contributed by atoms with van der Waals surface area (Å²) >= 11 is 7.44. The number of nitrogens with one attached hydrogen (secondary N) is 1. The van der Waals surface area contributed by atoms with Gasteiger partial charge in [-0.1, -0.05) is 29.4 Å². The minimum atomic E-state index is -1.18. The normalized spacial score (nSPS) is 16.9. The predicted octanol–water partition coefficient (Wildman–Crippen LogP) is 3.62. The van der Waals surface area contributed by atoms with Crippen molar-refractivity contribution in [3.05, 3.63) is 52.8 Å². The summed E-state index contributed by atoms with van der Waals surface area (Å²) in [6.45, 7) is 0. The molecule has 102 valence electrons. The molecule has 2 aromatic carbocycles. The molecule has 0 spiro atoms. The summed E-state index contributed by atoms with van der Waals surface area (Å²) < 4.78 is 13.2. The Bertz CT molecular complexity index is 708. The molecule has 1 atom stereocenters. The summed E-state index contributed by atoms with van der Waals surface area (Å²) in [6.07, 6.45) is -1.18. The van der Waals surface area contributed by atoms with Gasteiger partial charge < -0.3 is 10.4 Å². The van der Waals surface area contributed by atoms with Gasteiger partial charge in [-0.15, -0.1) is 0 Å². The highest BCUT2D eigenvalue weighted by molar-refractivity contribution is 7.99. The monoisotopic (exact) mass is 309 g/mol. The molecule has 1 heterocycles. The molecule has 0 aromatic heterocycles. The van der Waals surface area contributed by atoms with E-state index in [1.165, 1.54) is 23.9 Å². The van der Waals surface area contributed by atoms with Crippen molar-refractivity contribution in [1.29, 1.82) is 0 Å². The van der Waals surface area contributed by atoms with Crippen molar-refractivity contribution >= 4 is 35.0 Å². The maximum absolute atomic E-state index is 13.2. The molecule has 0 saturated carbocycles. The van der Waals surface area contributed by atoms with Crippen molar-refractivity contribution in [2.45, 2.75) is 15.9 Å². The van der Waals surface area contributed by atoms with Crippen molar-refractivity contribution in [2.75, 3.05) is 5.32 Å². The summed E-state index contributed by atoms with van der Waals surface area (Å²) in [5, 5.41) is 12.7. The van der Waals surface area contributed by atoms with Gasteiger partial charge in [0, 0.05) is 21.0 Å². The summed E-state index contributed by atoms with van der Waals surface area (Å²) in [7, 11) is 0. The van der Waals surface area contributed by atoms with Crippen molar-refractivity contribution in [1.82, 2.24) is 0 Å². The highest BCUT2D eigenvalue weighted by Crippen LogP contribution is 2.41. The van der Waals surface area contributed by atoms with E-state index < -0.39 is 12.0 Å². The van der Waals surface area contributed by atoms with Crippen LogP contribution in [-0.2, 0) is 4.79 Å². The van der Waals surface area contributed by atoms with E-state index in [0.717, 1.165) is 0 Å². The molecule has 0 aliphatic carbocycles. The van der Waals surface area contributed by atoms with E-state index in [-0.39, 0.29) is 5.82 Å². The number of hydrogen-bond acceptors (Lipinski definition) is 3. The predicted molar refractivity (Wildman–Crippen MR) is 75.6 cm³/mol. The molecule has 1 aliphatic rings. The third-order valence-electron chi connectivity index (χ3n) is 2.93. The molecule has 1 amide bonds. The van der Waals surface area contributed by atoms with Gasteiger partial charge in [-0.05, 0) is 30.3 Å². The molecule has 2 N–H and O–H groups in total. The zero-order chi connectivity index (χ0) is 14.3. The first-order valence-corrected chi connectivity index (χ1v) is 7.00. The molecule has 0 radical (unpaired) electrons. The lowest BCUT2D eigenvalue weighted by Gasteiger charge is -2.08. The fourth-order valence-corrected chi connectivity index (χ4v) is 3.17. The van der Waals surface area contributed by atoms with E-state index in [0.29, 0.717) is 26.1 Å². The summed E-state index contributed by atoms with van der Waals surface area (Å²) in [6, 6.07) is 9.39. The third kappa shape index (κ3) is 2.40. The minimum Gasteiger partial charge on any atom is -0.378 e. The molecular weight excluding hydrogens is 301 g/mol. The summed E-state index contributed by atoms with van der Waals surface area (Å²) in [4.78, 5) is 12.8. The largest absolute Gasteiger partial charge is 0.378 e. The van der Waals surface area contributed by atoms with Crippen LogP contribution in [0, 0.1) is 5.82 Å². The maximum atomic E-state index is 13.2. The van der Waals surface area contributed by atoms with E-state index in [2.05, 4.69) is 5.32 Å². The molecule has 6 heteroatoms. The minimum absolute atomic E-state index is 0.323. The van der Waals surface area contributed by atoms with Gasteiger partial charge in [0.1, 0.15) is 5.82 Å². The molecule has 1 aliphatic heterocycles. The van der Waals surface area contributed by atoms with Crippen LogP contribution in [0.3, 0.4) is 0 Å². The van der Waals surface area contributed by atoms with E-state index >= 15 is 0 Å². The Morgan fingerprint density at radius 3 is 2.85 bits per heavy atom. The number of amides is 1. The molecule has 1 unspecified atom stereocenters. The Morgan fingerprint density at radius 2 is 2.10 bits per heavy atom. The molecule has 0 bridgehead atoms. The van der Waals surface area contributed by atoms with Crippen LogP contribution in [0.4, 0.5) is 10.1 Å². The number of carbonyl (C=O) groups is 1. The van der Waals surface area contributed by atoms with Crippen molar-refractivity contribution < 1.29 is 14.3 Å². The molecular formula is C14H9ClFNO2S. The maximum Gasteiger partial charge on any atom is 0.257 e. The van der Waals surface area contributed by atoms with E-state index in [4.69, 9.17) is 11.6 Å². The number of aliphatic hydroxyl groups excluding tert-OH is 1. The first kappa shape index (κ1) is 13.4. The number of aliphatic hydroxyl groups is 1. The zero-order valence-electron chi connectivity index (χ0n) is 10.1. The van der Waals surface area contributed by atoms with Gasteiger partial charge in [-0.2, -0.15) is 0 Å². The Labute approximate surface area is 123 Å². The van der Waals surface area contributed by atoms with Crippen LogP contribution in [0.1, 0.15) is 11.7 Å². The first-order valence-electron chi connectivity index (χ1n) is 5.80. The third-order valence-corrected chi connectivity index (χ3v) is 4.40. The lowest BCUT2D eigenvalue weighted by Crippen LogP contribution is -2.10. The average molecular weight is 310 g/mol. The number of benzene rings is 2. The number of rotatable bonds is 2.